The molecule has 0 aliphatic rings. The van der Waals surface area contributed by atoms with Crippen molar-refractivity contribution in [1.82, 2.24) is 15.0 Å². The third-order valence-electron chi connectivity index (χ3n) is 4.38. The van der Waals surface area contributed by atoms with Crippen molar-refractivity contribution in [2.45, 2.75) is 39.0 Å². The van der Waals surface area contributed by atoms with Crippen molar-refractivity contribution in [3.8, 4) is 0 Å². The minimum Gasteiger partial charge on any atom is -0.446 e. The van der Waals surface area contributed by atoms with Crippen LogP contribution in [0, 0.1) is 0 Å². The minimum atomic E-state index is -0.403. The van der Waals surface area contributed by atoms with Gasteiger partial charge in [-0.2, -0.15) is 4.98 Å². The van der Waals surface area contributed by atoms with E-state index in [0.717, 1.165) is 28.1 Å². The number of fused-ring (bicyclic) bond motifs is 2. The maximum atomic E-state index is 6.05. The summed E-state index contributed by atoms with van der Waals surface area (Å²) in [6, 6.07) is 7.93. The van der Waals surface area contributed by atoms with E-state index in [1.165, 1.54) is 0 Å². The van der Waals surface area contributed by atoms with E-state index in [4.69, 9.17) is 8.83 Å². The van der Waals surface area contributed by atoms with Gasteiger partial charge in [0.2, 0.25) is 11.4 Å². The van der Waals surface area contributed by atoms with Gasteiger partial charge in [-0.25, -0.2) is 9.97 Å². The topological polar surface area (TPSA) is 65.0 Å². The largest absolute Gasteiger partial charge is 0.446 e. The number of furan rings is 2. The molecule has 122 valence electrons. The summed E-state index contributed by atoms with van der Waals surface area (Å²) in [5.74, 6) is 1.86. The molecule has 0 amide bonds. The molecule has 24 heavy (non-hydrogen) atoms. The van der Waals surface area contributed by atoms with Crippen molar-refractivity contribution in [2.75, 3.05) is 0 Å². The highest BCUT2D eigenvalue weighted by molar-refractivity contribution is 5.75. The molecule has 0 N–H and O–H groups in total. The lowest BCUT2D eigenvalue weighted by molar-refractivity contribution is 0.439. The van der Waals surface area contributed by atoms with Gasteiger partial charge in [-0.15, -0.1) is 0 Å². The standard InChI is InChI=1S/C19H19N3O2/c1-11(2)16-20-10-13-9-15(24-18(13)22-16)19(3,4)14-6-5-12-7-8-23-17(12)21-14/h5-11H,1-4H3. The SMILES string of the molecule is CC(C)c1ncc2cc(C(C)(C)c3ccc4ccoc4n3)oc2n1. The van der Waals surface area contributed by atoms with Gasteiger partial charge in [-0.05, 0) is 38.1 Å². The van der Waals surface area contributed by atoms with Crippen molar-refractivity contribution in [2.24, 2.45) is 0 Å². The van der Waals surface area contributed by atoms with E-state index in [9.17, 15) is 0 Å². The molecule has 4 rings (SSSR count). The monoisotopic (exact) mass is 321 g/mol. The first kappa shape index (κ1) is 14.9. The van der Waals surface area contributed by atoms with Gasteiger partial charge in [-0.1, -0.05) is 13.8 Å². The lowest BCUT2D eigenvalue weighted by Crippen LogP contribution is -2.19. The number of hydrogen-bond donors (Lipinski definition) is 0. The summed E-state index contributed by atoms with van der Waals surface area (Å²) in [7, 11) is 0. The van der Waals surface area contributed by atoms with E-state index in [2.05, 4.69) is 42.6 Å². The van der Waals surface area contributed by atoms with E-state index in [-0.39, 0.29) is 5.92 Å². The molecule has 0 unspecified atom stereocenters. The highest BCUT2D eigenvalue weighted by Crippen LogP contribution is 2.34. The van der Waals surface area contributed by atoms with Crippen LogP contribution in [0.1, 0.15) is 50.9 Å². The Balaban J connectivity index is 1.81. The van der Waals surface area contributed by atoms with Crippen molar-refractivity contribution in [3.05, 3.63) is 54.0 Å². The average molecular weight is 321 g/mol. The van der Waals surface area contributed by atoms with Crippen LogP contribution in [0.3, 0.4) is 0 Å². The zero-order valence-corrected chi connectivity index (χ0v) is 14.2. The first-order valence-electron chi connectivity index (χ1n) is 8.07. The van der Waals surface area contributed by atoms with Crippen LogP contribution in [-0.2, 0) is 5.41 Å². The minimum absolute atomic E-state index is 0.263. The predicted octanol–water partition coefficient (Wildman–Crippen LogP) is 4.81. The van der Waals surface area contributed by atoms with E-state index >= 15 is 0 Å². The number of pyridine rings is 1. The van der Waals surface area contributed by atoms with Gasteiger partial charge in [0.15, 0.2) is 0 Å². The van der Waals surface area contributed by atoms with Gasteiger partial charge < -0.3 is 8.83 Å². The van der Waals surface area contributed by atoms with Crippen molar-refractivity contribution >= 4 is 22.2 Å². The Kier molecular flexibility index (Phi) is 3.20. The molecule has 0 aliphatic carbocycles. The summed E-state index contributed by atoms with van der Waals surface area (Å²) in [6.45, 7) is 8.30. The quantitative estimate of drug-likeness (QED) is 0.541. The van der Waals surface area contributed by atoms with Crippen LogP contribution in [-0.4, -0.2) is 15.0 Å². The molecule has 0 aromatic carbocycles. The number of rotatable bonds is 3. The average Bonchev–Trinajstić information content (AvgIpc) is 3.19. The smallest absolute Gasteiger partial charge is 0.229 e. The summed E-state index contributed by atoms with van der Waals surface area (Å²) in [6.07, 6.45) is 3.47. The van der Waals surface area contributed by atoms with Gasteiger partial charge in [0.25, 0.3) is 0 Å². The molecule has 0 aliphatic heterocycles. The first-order chi connectivity index (χ1) is 11.4. The van der Waals surface area contributed by atoms with Gasteiger partial charge in [0.1, 0.15) is 11.6 Å². The maximum absolute atomic E-state index is 6.05. The highest BCUT2D eigenvalue weighted by Gasteiger charge is 2.30. The van der Waals surface area contributed by atoms with Crippen LogP contribution in [0.25, 0.3) is 22.2 Å². The molecule has 0 spiro atoms. The second kappa shape index (κ2) is 5.16. The summed E-state index contributed by atoms with van der Waals surface area (Å²) in [5.41, 5.74) is 1.75. The Morgan fingerprint density at radius 3 is 2.62 bits per heavy atom. The maximum Gasteiger partial charge on any atom is 0.229 e. The Morgan fingerprint density at radius 1 is 1.00 bits per heavy atom. The molecule has 4 heterocycles. The van der Waals surface area contributed by atoms with E-state index in [0.29, 0.717) is 11.4 Å². The second-order valence-corrected chi connectivity index (χ2v) is 6.89. The molecular weight excluding hydrogens is 302 g/mol. The first-order valence-corrected chi connectivity index (χ1v) is 8.07. The fourth-order valence-corrected chi connectivity index (χ4v) is 2.75. The molecule has 0 radical (unpaired) electrons. The van der Waals surface area contributed by atoms with Crippen LogP contribution in [0.15, 0.2) is 45.6 Å². The molecule has 0 saturated heterocycles. The third-order valence-corrected chi connectivity index (χ3v) is 4.38. The van der Waals surface area contributed by atoms with Crippen LogP contribution in [0.4, 0.5) is 0 Å². The normalized spacial score (nSPS) is 12.5. The van der Waals surface area contributed by atoms with E-state index < -0.39 is 5.41 Å². The molecule has 0 fully saturated rings. The Hall–Kier alpha value is -2.69. The molecule has 0 atom stereocenters. The third kappa shape index (κ3) is 2.28. The Labute approximate surface area is 139 Å². The molecule has 4 aromatic rings. The lowest BCUT2D eigenvalue weighted by Gasteiger charge is -2.21. The molecule has 5 heteroatoms. The number of aromatic nitrogens is 3. The lowest BCUT2D eigenvalue weighted by atomic mass is 9.86. The molecular formula is C19H19N3O2. The van der Waals surface area contributed by atoms with Gasteiger partial charge in [0, 0.05) is 17.5 Å². The molecule has 0 saturated carbocycles. The van der Waals surface area contributed by atoms with Gasteiger partial charge >= 0.3 is 0 Å². The molecule has 4 aromatic heterocycles. The highest BCUT2D eigenvalue weighted by atomic mass is 16.3. The summed E-state index contributed by atoms with van der Waals surface area (Å²) in [5, 5.41) is 1.90. The fourth-order valence-electron chi connectivity index (χ4n) is 2.75. The van der Waals surface area contributed by atoms with Crippen LogP contribution >= 0.6 is 0 Å². The molecule has 0 bridgehead atoms. The summed E-state index contributed by atoms with van der Waals surface area (Å²) >= 11 is 0. The zero-order valence-electron chi connectivity index (χ0n) is 14.2. The fraction of sp³-hybridized carbons (Fsp3) is 0.316. The second-order valence-electron chi connectivity index (χ2n) is 6.89. The van der Waals surface area contributed by atoms with Crippen LogP contribution in [0.2, 0.25) is 0 Å². The Morgan fingerprint density at radius 2 is 1.83 bits per heavy atom. The Bertz CT molecular complexity index is 1030. The van der Waals surface area contributed by atoms with Crippen LogP contribution in [0.5, 0.6) is 0 Å². The van der Waals surface area contributed by atoms with Crippen molar-refractivity contribution in [3.63, 3.8) is 0 Å². The van der Waals surface area contributed by atoms with E-state index in [1.54, 1.807) is 6.26 Å². The van der Waals surface area contributed by atoms with Gasteiger partial charge in [-0.3, -0.25) is 0 Å². The predicted molar refractivity (Wildman–Crippen MR) is 92.0 cm³/mol. The summed E-state index contributed by atoms with van der Waals surface area (Å²) in [4.78, 5) is 13.6. The zero-order chi connectivity index (χ0) is 16.9. The van der Waals surface area contributed by atoms with Crippen molar-refractivity contribution in [1.29, 1.82) is 0 Å². The van der Waals surface area contributed by atoms with Crippen molar-refractivity contribution < 1.29 is 8.83 Å². The number of hydrogen-bond acceptors (Lipinski definition) is 5. The van der Waals surface area contributed by atoms with Gasteiger partial charge in [0.05, 0.1) is 22.8 Å². The number of nitrogens with zero attached hydrogens (tertiary/aromatic N) is 3. The van der Waals surface area contributed by atoms with E-state index in [1.807, 2.05) is 30.5 Å². The van der Waals surface area contributed by atoms with Crippen LogP contribution < -0.4 is 0 Å². The molecule has 5 nitrogen and oxygen atoms in total. The summed E-state index contributed by atoms with van der Waals surface area (Å²) < 4.78 is 11.5.